The predicted molar refractivity (Wildman–Crippen MR) is 58.1 cm³/mol. The molecule has 90 valence electrons. The SMILES string of the molecule is CCCS(=O)(=O)N[C@H](C(=O)O)[C@@H](C)CC. The molecule has 0 aromatic heterocycles. The van der Waals surface area contributed by atoms with Crippen LogP contribution in [0.5, 0.6) is 0 Å². The Morgan fingerprint density at radius 2 is 1.93 bits per heavy atom. The lowest BCUT2D eigenvalue weighted by Gasteiger charge is -2.19. The van der Waals surface area contributed by atoms with Gasteiger partial charge in [-0.3, -0.25) is 4.79 Å². The Balaban J connectivity index is 4.62. The minimum Gasteiger partial charge on any atom is -0.480 e. The molecule has 0 rings (SSSR count). The summed E-state index contributed by atoms with van der Waals surface area (Å²) in [6.07, 6.45) is 1.09. The van der Waals surface area contributed by atoms with E-state index in [1.165, 1.54) is 0 Å². The summed E-state index contributed by atoms with van der Waals surface area (Å²) in [5.74, 6) is -1.37. The topological polar surface area (TPSA) is 83.5 Å². The average Bonchev–Trinajstić information content (AvgIpc) is 2.12. The Morgan fingerprint density at radius 1 is 1.40 bits per heavy atom. The Morgan fingerprint density at radius 3 is 2.27 bits per heavy atom. The number of carbonyl (C=O) groups is 1. The van der Waals surface area contributed by atoms with Crippen LogP contribution in [0, 0.1) is 5.92 Å². The summed E-state index contributed by atoms with van der Waals surface area (Å²) in [5.41, 5.74) is 0. The number of carboxylic acids is 1. The fourth-order valence-corrected chi connectivity index (χ4v) is 2.54. The first-order chi connectivity index (χ1) is 6.84. The zero-order chi connectivity index (χ0) is 12.1. The zero-order valence-electron chi connectivity index (χ0n) is 9.36. The Labute approximate surface area is 90.9 Å². The first-order valence-electron chi connectivity index (χ1n) is 5.06. The van der Waals surface area contributed by atoms with Gasteiger partial charge in [-0.1, -0.05) is 27.2 Å². The molecule has 0 saturated carbocycles. The van der Waals surface area contributed by atoms with E-state index in [9.17, 15) is 13.2 Å². The molecule has 2 N–H and O–H groups in total. The molecule has 0 heterocycles. The van der Waals surface area contributed by atoms with Gasteiger partial charge in [-0.25, -0.2) is 13.1 Å². The molecule has 0 saturated heterocycles. The molecular formula is C9H19NO4S. The summed E-state index contributed by atoms with van der Waals surface area (Å²) in [5, 5.41) is 8.88. The van der Waals surface area contributed by atoms with E-state index in [1.807, 2.05) is 6.92 Å². The van der Waals surface area contributed by atoms with Crippen molar-refractivity contribution in [1.29, 1.82) is 0 Å². The molecule has 0 aliphatic rings. The molecular weight excluding hydrogens is 218 g/mol. The van der Waals surface area contributed by atoms with Gasteiger partial charge in [-0.2, -0.15) is 0 Å². The van der Waals surface area contributed by atoms with E-state index in [-0.39, 0.29) is 11.7 Å². The van der Waals surface area contributed by atoms with Crippen LogP contribution in [-0.4, -0.2) is 31.3 Å². The minimum atomic E-state index is -3.46. The Kier molecular flexibility index (Phi) is 5.82. The summed E-state index contributed by atoms with van der Waals surface area (Å²) in [6, 6.07) is -1.02. The van der Waals surface area contributed by atoms with Crippen molar-refractivity contribution in [3.63, 3.8) is 0 Å². The number of hydrogen-bond donors (Lipinski definition) is 2. The molecule has 0 aliphatic heterocycles. The van der Waals surface area contributed by atoms with E-state index in [1.54, 1.807) is 13.8 Å². The third-order valence-corrected chi connectivity index (χ3v) is 3.82. The molecule has 0 bridgehead atoms. The Hall–Kier alpha value is -0.620. The normalized spacial score (nSPS) is 15.9. The minimum absolute atomic E-state index is 0.0345. The second-order valence-electron chi connectivity index (χ2n) is 3.64. The van der Waals surface area contributed by atoms with Gasteiger partial charge in [0, 0.05) is 0 Å². The second kappa shape index (κ2) is 6.07. The summed E-state index contributed by atoms with van der Waals surface area (Å²) in [7, 11) is -3.46. The van der Waals surface area contributed by atoms with Gasteiger partial charge in [0.1, 0.15) is 6.04 Å². The highest BCUT2D eigenvalue weighted by Gasteiger charge is 2.27. The summed E-state index contributed by atoms with van der Waals surface area (Å²) in [6.45, 7) is 5.28. The maximum atomic E-state index is 11.4. The van der Waals surface area contributed by atoms with Crippen LogP contribution in [0.3, 0.4) is 0 Å². The van der Waals surface area contributed by atoms with E-state index in [4.69, 9.17) is 5.11 Å². The van der Waals surface area contributed by atoms with Gasteiger partial charge in [0.25, 0.3) is 0 Å². The fraction of sp³-hybridized carbons (Fsp3) is 0.889. The molecule has 5 nitrogen and oxygen atoms in total. The molecule has 0 aromatic carbocycles. The molecule has 0 unspecified atom stereocenters. The van der Waals surface area contributed by atoms with Gasteiger partial charge in [0.15, 0.2) is 0 Å². The van der Waals surface area contributed by atoms with E-state index >= 15 is 0 Å². The van der Waals surface area contributed by atoms with E-state index < -0.39 is 22.0 Å². The van der Waals surface area contributed by atoms with Crippen molar-refractivity contribution >= 4 is 16.0 Å². The average molecular weight is 237 g/mol. The van der Waals surface area contributed by atoms with Crippen molar-refractivity contribution in [3.8, 4) is 0 Å². The molecule has 0 aliphatic carbocycles. The summed E-state index contributed by atoms with van der Waals surface area (Å²) < 4.78 is 25.0. The number of nitrogens with one attached hydrogen (secondary N) is 1. The molecule has 0 fully saturated rings. The molecule has 2 atom stereocenters. The Bertz CT molecular complexity index is 299. The van der Waals surface area contributed by atoms with Crippen LogP contribution in [0.4, 0.5) is 0 Å². The van der Waals surface area contributed by atoms with Crippen molar-refractivity contribution in [1.82, 2.24) is 4.72 Å². The smallest absolute Gasteiger partial charge is 0.322 e. The largest absolute Gasteiger partial charge is 0.480 e. The van der Waals surface area contributed by atoms with E-state index in [0.29, 0.717) is 12.8 Å². The lowest BCUT2D eigenvalue weighted by molar-refractivity contribution is -0.140. The van der Waals surface area contributed by atoms with Crippen LogP contribution in [0.15, 0.2) is 0 Å². The van der Waals surface area contributed by atoms with E-state index in [0.717, 1.165) is 0 Å². The van der Waals surface area contributed by atoms with Crippen LogP contribution in [-0.2, 0) is 14.8 Å². The standard InChI is InChI=1S/C9H19NO4S/c1-4-6-15(13,14)10-8(9(11)12)7(3)5-2/h7-8,10H,4-6H2,1-3H3,(H,11,12)/t7-,8-/m0/s1. The summed E-state index contributed by atoms with van der Waals surface area (Å²) in [4.78, 5) is 10.9. The number of hydrogen-bond acceptors (Lipinski definition) is 3. The quantitative estimate of drug-likeness (QED) is 0.686. The molecule has 0 amide bonds. The number of carboxylic acid groups (broad SMARTS) is 1. The molecule has 6 heteroatoms. The lowest BCUT2D eigenvalue weighted by Crippen LogP contribution is -2.45. The van der Waals surface area contributed by atoms with Crippen molar-refractivity contribution in [2.75, 3.05) is 5.75 Å². The third kappa shape index (κ3) is 5.13. The number of rotatable bonds is 7. The predicted octanol–water partition coefficient (Wildman–Crippen LogP) is 0.815. The van der Waals surface area contributed by atoms with Gasteiger partial charge in [0.05, 0.1) is 5.75 Å². The number of sulfonamides is 1. The van der Waals surface area contributed by atoms with Crippen LogP contribution >= 0.6 is 0 Å². The van der Waals surface area contributed by atoms with E-state index in [2.05, 4.69) is 4.72 Å². The first kappa shape index (κ1) is 14.4. The third-order valence-electron chi connectivity index (χ3n) is 2.26. The summed E-state index contributed by atoms with van der Waals surface area (Å²) >= 11 is 0. The van der Waals surface area contributed by atoms with Crippen molar-refractivity contribution in [2.45, 2.75) is 39.7 Å². The number of aliphatic carboxylic acids is 1. The van der Waals surface area contributed by atoms with Crippen LogP contribution in [0.1, 0.15) is 33.6 Å². The highest BCUT2D eigenvalue weighted by atomic mass is 32.2. The van der Waals surface area contributed by atoms with Crippen molar-refractivity contribution in [2.24, 2.45) is 5.92 Å². The van der Waals surface area contributed by atoms with Crippen LogP contribution in [0.2, 0.25) is 0 Å². The fourth-order valence-electron chi connectivity index (χ4n) is 1.17. The maximum Gasteiger partial charge on any atom is 0.322 e. The van der Waals surface area contributed by atoms with Crippen LogP contribution < -0.4 is 4.72 Å². The van der Waals surface area contributed by atoms with Crippen LogP contribution in [0.25, 0.3) is 0 Å². The maximum absolute atomic E-state index is 11.4. The van der Waals surface area contributed by atoms with Gasteiger partial charge in [0.2, 0.25) is 10.0 Å². The van der Waals surface area contributed by atoms with Gasteiger partial charge >= 0.3 is 5.97 Å². The van der Waals surface area contributed by atoms with Gasteiger partial charge in [-0.05, 0) is 12.3 Å². The van der Waals surface area contributed by atoms with Crippen molar-refractivity contribution in [3.05, 3.63) is 0 Å². The highest BCUT2D eigenvalue weighted by Crippen LogP contribution is 2.09. The second-order valence-corrected chi connectivity index (χ2v) is 5.51. The molecule has 0 radical (unpaired) electrons. The lowest BCUT2D eigenvalue weighted by atomic mass is 10.0. The highest BCUT2D eigenvalue weighted by molar-refractivity contribution is 7.89. The first-order valence-corrected chi connectivity index (χ1v) is 6.72. The van der Waals surface area contributed by atoms with Gasteiger partial charge in [-0.15, -0.1) is 0 Å². The molecule has 0 aromatic rings. The van der Waals surface area contributed by atoms with Crippen molar-refractivity contribution < 1.29 is 18.3 Å². The van der Waals surface area contributed by atoms with Gasteiger partial charge < -0.3 is 5.11 Å². The zero-order valence-corrected chi connectivity index (χ0v) is 10.2. The monoisotopic (exact) mass is 237 g/mol. The molecule has 0 spiro atoms. The molecule has 15 heavy (non-hydrogen) atoms.